The van der Waals surface area contributed by atoms with Gasteiger partial charge in [0, 0.05) is 57.2 Å². The van der Waals surface area contributed by atoms with Gasteiger partial charge in [-0.05, 0) is 44.4 Å². The number of carbonyl (C=O) groups is 1. The molecule has 0 unspecified atom stereocenters. The first-order valence-electron chi connectivity index (χ1n) is 9.42. The van der Waals surface area contributed by atoms with Crippen molar-refractivity contribution >= 4 is 17.5 Å². The Kier molecular flexibility index (Phi) is 6.67. The molecule has 1 fully saturated rings. The molecule has 3 rings (SSSR count). The molecule has 1 aromatic carbocycles. The summed E-state index contributed by atoms with van der Waals surface area (Å²) >= 11 is 0. The Bertz CT molecular complexity index is 773. The van der Waals surface area contributed by atoms with Crippen LogP contribution in [0, 0.1) is 0 Å². The van der Waals surface area contributed by atoms with Crippen molar-refractivity contribution in [3.63, 3.8) is 0 Å². The van der Waals surface area contributed by atoms with E-state index >= 15 is 0 Å². The van der Waals surface area contributed by atoms with Crippen molar-refractivity contribution in [1.29, 1.82) is 0 Å². The van der Waals surface area contributed by atoms with Gasteiger partial charge in [-0.2, -0.15) is 0 Å². The number of nitrogens with two attached hydrogens (primary N) is 1. The van der Waals surface area contributed by atoms with Crippen LogP contribution in [-0.2, 0) is 0 Å². The minimum absolute atomic E-state index is 0.135. The van der Waals surface area contributed by atoms with Crippen LogP contribution in [0.15, 0.2) is 42.6 Å². The summed E-state index contributed by atoms with van der Waals surface area (Å²) < 4.78 is 5.79. The van der Waals surface area contributed by atoms with Gasteiger partial charge in [-0.25, -0.2) is 9.78 Å². The average Bonchev–Trinajstić information content (AvgIpc) is 2.69. The number of rotatable bonds is 6. The van der Waals surface area contributed by atoms with Gasteiger partial charge >= 0.3 is 6.03 Å². The zero-order valence-corrected chi connectivity index (χ0v) is 16.5. The zero-order valence-electron chi connectivity index (χ0n) is 16.5. The molecule has 3 N–H and O–H groups in total. The Balaban J connectivity index is 1.51. The van der Waals surface area contributed by atoms with E-state index in [1.807, 2.05) is 4.90 Å². The van der Waals surface area contributed by atoms with Crippen LogP contribution in [0.5, 0.6) is 11.5 Å². The fourth-order valence-electron chi connectivity index (χ4n) is 2.92. The summed E-state index contributed by atoms with van der Waals surface area (Å²) in [6.45, 7) is 5.23. The van der Waals surface area contributed by atoms with Crippen LogP contribution in [0.3, 0.4) is 0 Å². The molecule has 2 heterocycles. The van der Waals surface area contributed by atoms with Crippen molar-refractivity contribution < 1.29 is 9.53 Å². The van der Waals surface area contributed by atoms with Gasteiger partial charge in [0.05, 0.1) is 0 Å². The largest absolute Gasteiger partial charge is 0.457 e. The summed E-state index contributed by atoms with van der Waals surface area (Å²) in [7, 11) is 4.14. The number of nitrogens with one attached hydrogen (secondary N) is 1. The lowest BCUT2D eigenvalue weighted by Crippen LogP contribution is -2.51. The van der Waals surface area contributed by atoms with Gasteiger partial charge < -0.3 is 20.3 Å². The number of carbonyl (C=O) groups excluding carboxylic acids is 1. The standard InChI is InChI=1S/C20H28N6O2/c1-24(2)9-10-25-11-13-26(14-12-25)20(27)23-19-15-18(7-8-22-19)28-17-5-3-16(21)4-6-17/h3-8,15H,9-14,21H2,1-2H3,(H,22,23,27). The van der Waals surface area contributed by atoms with Crippen molar-refractivity contribution in [2.75, 3.05) is 64.4 Å². The van der Waals surface area contributed by atoms with E-state index in [-0.39, 0.29) is 6.03 Å². The Morgan fingerprint density at radius 1 is 1.14 bits per heavy atom. The maximum Gasteiger partial charge on any atom is 0.323 e. The van der Waals surface area contributed by atoms with Gasteiger partial charge in [0.15, 0.2) is 0 Å². The van der Waals surface area contributed by atoms with Crippen LogP contribution < -0.4 is 15.8 Å². The van der Waals surface area contributed by atoms with E-state index in [1.165, 1.54) is 0 Å². The first-order valence-corrected chi connectivity index (χ1v) is 9.42. The smallest absolute Gasteiger partial charge is 0.323 e. The van der Waals surface area contributed by atoms with E-state index in [9.17, 15) is 4.79 Å². The van der Waals surface area contributed by atoms with Crippen LogP contribution in [0.1, 0.15) is 0 Å². The Labute approximate surface area is 165 Å². The number of ether oxygens (including phenoxy) is 1. The van der Waals surface area contributed by atoms with Crippen molar-refractivity contribution in [2.24, 2.45) is 0 Å². The second-order valence-electron chi connectivity index (χ2n) is 7.11. The maximum atomic E-state index is 12.5. The average molecular weight is 384 g/mol. The summed E-state index contributed by atoms with van der Waals surface area (Å²) in [6, 6.07) is 10.5. The number of nitrogen functional groups attached to an aromatic ring is 1. The van der Waals surface area contributed by atoms with Gasteiger partial charge in [0.25, 0.3) is 0 Å². The number of aromatic nitrogens is 1. The highest BCUT2D eigenvalue weighted by Gasteiger charge is 2.21. The third-order valence-corrected chi connectivity index (χ3v) is 4.61. The third kappa shape index (κ3) is 5.83. The van der Waals surface area contributed by atoms with Crippen LogP contribution in [0.25, 0.3) is 0 Å². The Morgan fingerprint density at radius 2 is 1.86 bits per heavy atom. The molecule has 28 heavy (non-hydrogen) atoms. The highest BCUT2D eigenvalue weighted by molar-refractivity contribution is 5.88. The van der Waals surface area contributed by atoms with Crippen LogP contribution >= 0.6 is 0 Å². The van der Waals surface area contributed by atoms with E-state index in [4.69, 9.17) is 10.5 Å². The molecule has 0 bridgehead atoms. The molecule has 0 atom stereocenters. The molecule has 2 amide bonds. The quantitative estimate of drug-likeness (QED) is 0.743. The molecule has 150 valence electrons. The predicted octanol–water partition coefficient (Wildman–Crippen LogP) is 2.17. The van der Waals surface area contributed by atoms with Gasteiger partial charge in [0.1, 0.15) is 17.3 Å². The van der Waals surface area contributed by atoms with E-state index in [2.05, 4.69) is 34.2 Å². The molecule has 1 aliphatic heterocycles. The third-order valence-electron chi connectivity index (χ3n) is 4.61. The number of urea groups is 1. The SMILES string of the molecule is CN(C)CCN1CCN(C(=O)Nc2cc(Oc3ccc(N)cc3)ccn2)CC1. The summed E-state index contributed by atoms with van der Waals surface area (Å²) in [5, 5.41) is 2.86. The lowest BCUT2D eigenvalue weighted by molar-refractivity contribution is 0.140. The van der Waals surface area contributed by atoms with Gasteiger partial charge in [-0.1, -0.05) is 0 Å². The Hall–Kier alpha value is -2.84. The summed E-state index contributed by atoms with van der Waals surface area (Å²) in [6.07, 6.45) is 1.61. The van der Waals surface area contributed by atoms with E-state index in [0.717, 1.165) is 26.2 Å². The molecule has 1 aliphatic rings. The van der Waals surface area contributed by atoms with E-state index in [0.29, 0.717) is 36.1 Å². The lowest BCUT2D eigenvalue weighted by atomic mass is 10.3. The molecule has 0 saturated carbocycles. The number of piperazine rings is 1. The van der Waals surface area contributed by atoms with Gasteiger partial charge in [-0.3, -0.25) is 10.2 Å². The number of likely N-dealkylation sites (N-methyl/N-ethyl adjacent to an activating group) is 1. The predicted molar refractivity (Wildman–Crippen MR) is 111 cm³/mol. The molecule has 8 nitrogen and oxygen atoms in total. The molecule has 2 aromatic rings. The van der Waals surface area contributed by atoms with Gasteiger partial charge in [0.2, 0.25) is 0 Å². The summed E-state index contributed by atoms with van der Waals surface area (Å²) in [5.74, 6) is 1.74. The topological polar surface area (TPSA) is 87.0 Å². The van der Waals surface area contributed by atoms with Crippen molar-refractivity contribution in [2.45, 2.75) is 0 Å². The van der Waals surface area contributed by atoms with E-state index < -0.39 is 0 Å². The van der Waals surface area contributed by atoms with E-state index in [1.54, 1.807) is 42.6 Å². The lowest BCUT2D eigenvalue weighted by Gasteiger charge is -2.35. The fraction of sp³-hybridized carbons (Fsp3) is 0.400. The highest BCUT2D eigenvalue weighted by atomic mass is 16.5. The number of benzene rings is 1. The van der Waals surface area contributed by atoms with Crippen molar-refractivity contribution in [3.05, 3.63) is 42.6 Å². The molecule has 8 heteroatoms. The highest BCUT2D eigenvalue weighted by Crippen LogP contribution is 2.23. The van der Waals surface area contributed by atoms with Crippen LogP contribution in [0.4, 0.5) is 16.3 Å². The second kappa shape index (κ2) is 9.38. The number of hydrogen-bond acceptors (Lipinski definition) is 6. The molecular formula is C20H28N6O2. The number of anilines is 2. The molecule has 0 aliphatic carbocycles. The molecule has 1 aromatic heterocycles. The van der Waals surface area contributed by atoms with Gasteiger partial charge in [-0.15, -0.1) is 0 Å². The number of hydrogen-bond donors (Lipinski definition) is 2. The maximum absolute atomic E-state index is 12.5. The second-order valence-corrected chi connectivity index (χ2v) is 7.11. The Morgan fingerprint density at radius 3 is 2.54 bits per heavy atom. The first-order chi connectivity index (χ1) is 13.5. The van der Waals surface area contributed by atoms with Crippen LogP contribution in [0.2, 0.25) is 0 Å². The normalized spacial score (nSPS) is 14.9. The summed E-state index contributed by atoms with van der Waals surface area (Å²) in [4.78, 5) is 23.1. The minimum atomic E-state index is -0.135. The number of nitrogens with zero attached hydrogens (tertiary/aromatic N) is 4. The summed E-state index contributed by atoms with van der Waals surface area (Å²) in [5.41, 5.74) is 6.36. The molecule has 0 radical (unpaired) electrons. The first kappa shape index (κ1) is 19.9. The monoisotopic (exact) mass is 384 g/mol. The number of amides is 2. The minimum Gasteiger partial charge on any atom is -0.457 e. The van der Waals surface area contributed by atoms with Crippen molar-refractivity contribution in [1.82, 2.24) is 19.7 Å². The molecular weight excluding hydrogens is 356 g/mol. The zero-order chi connectivity index (χ0) is 19.9. The van der Waals surface area contributed by atoms with Crippen molar-refractivity contribution in [3.8, 4) is 11.5 Å². The number of pyridine rings is 1. The molecule has 0 spiro atoms. The molecule has 1 saturated heterocycles. The van der Waals surface area contributed by atoms with Crippen LogP contribution in [-0.4, -0.2) is 79.1 Å². The fourth-order valence-corrected chi connectivity index (χ4v) is 2.92.